The summed E-state index contributed by atoms with van der Waals surface area (Å²) in [6.07, 6.45) is 2.09. The third kappa shape index (κ3) is 3.57. The van der Waals surface area contributed by atoms with Crippen LogP contribution in [-0.4, -0.2) is 11.1 Å². The molecule has 104 valence electrons. The number of hydrogen-bond acceptors (Lipinski definition) is 4. The van der Waals surface area contributed by atoms with E-state index in [1.165, 1.54) is 17.8 Å². The van der Waals surface area contributed by atoms with Crippen LogP contribution < -0.4 is 5.32 Å². The highest BCUT2D eigenvalue weighted by molar-refractivity contribution is 7.09. The first kappa shape index (κ1) is 13.1. The normalized spacial score (nSPS) is 14.0. The summed E-state index contributed by atoms with van der Waals surface area (Å²) in [6.45, 7) is 0.716. The van der Waals surface area contributed by atoms with Crippen molar-refractivity contribution < 1.29 is 9.53 Å². The van der Waals surface area contributed by atoms with Gasteiger partial charge in [0.25, 0.3) is 0 Å². The topological polar surface area (TPSA) is 51.2 Å². The Bertz CT molecular complexity index is 579. The Morgan fingerprint density at radius 1 is 1.35 bits per heavy atom. The number of alkyl carbamates (subject to hydrolysis) is 1. The number of carbonyl (C=O) groups excluding carboxylic acids is 1. The number of thiazole rings is 1. The largest absolute Gasteiger partial charge is 0.445 e. The van der Waals surface area contributed by atoms with E-state index in [1.807, 2.05) is 35.7 Å². The summed E-state index contributed by atoms with van der Waals surface area (Å²) in [5.41, 5.74) is 1.89. The quantitative estimate of drug-likeness (QED) is 0.916. The average molecular weight is 288 g/mol. The zero-order valence-electron chi connectivity index (χ0n) is 11.0. The maximum absolute atomic E-state index is 11.6. The minimum Gasteiger partial charge on any atom is -0.445 e. The van der Waals surface area contributed by atoms with Gasteiger partial charge in [0.2, 0.25) is 0 Å². The summed E-state index contributed by atoms with van der Waals surface area (Å²) >= 11 is 1.68. The number of nitrogens with one attached hydrogen (secondary N) is 1. The molecule has 0 atom stereocenters. The van der Waals surface area contributed by atoms with E-state index in [-0.39, 0.29) is 6.61 Å². The van der Waals surface area contributed by atoms with E-state index in [4.69, 9.17) is 4.74 Å². The highest BCUT2D eigenvalue weighted by atomic mass is 32.1. The third-order valence-corrected chi connectivity index (χ3v) is 4.18. The van der Waals surface area contributed by atoms with Gasteiger partial charge in [-0.3, -0.25) is 0 Å². The predicted molar refractivity (Wildman–Crippen MR) is 77.6 cm³/mol. The lowest BCUT2D eigenvalue weighted by atomic mass is 10.2. The number of rotatable bonds is 5. The van der Waals surface area contributed by atoms with Gasteiger partial charge in [-0.1, -0.05) is 30.3 Å². The number of carbonyl (C=O) groups is 1. The first-order chi connectivity index (χ1) is 9.81. The molecule has 0 saturated heterocycles. The summed E-state index contributed by atoms with van der Waals surface area (Å²) in [7, 11) is 0. The van der Waals surface area contributed by atoms with Crippen LogP contribution in [0.4, 0.5) is 4.79 Å². The Kier molecular flexibility index (Phi) is 3.97. The van der Waals surface area contributed by atoms with Gasteiger partial charge in [0.05, 0.1) is 17.2 Å². The molecule has 1 aliphatic rings. The highest BCUT2D eigenvalue weighted by Gasteiger charge is 2.26. The molecule has 5 heteroatoms. The molecule has 0 unspecified atom stereocenters. The first-order valence-electron chi connectivity index (χ1n) is 6.70. The molecule has 0 spiro atoms. The fourth-order valence-electron chi connectivity index (χ4n) is 1.86. The van der Waals surface area contributed by atoms with Crippen molar-refractivity contribution in [2.45, 2.75) is 31.9 Å². The smallest absolute Gasteiger partial charge is 0.407 e. The van der Waals surface area contributed by atoms with Gasteiger partial charge in [0.15, 0.2) is 0 Å². The molecule has 0 radical (unpaired) electrons. The van der Waals surface area contributed by atoms with Crippen molar-refractivity contribution in [2.75, 3.05) is 0 Å². The lowest BCUT2D eigenvalue weighted by molar-refractivity contribution is 0.139. The van der Waals surface area contributed by atoms with Gasteiger partial charge < -0.3 is 10.1 Å². The molecule has 20 heavy (non-hydrogen) atoms. The van der Waals surface area contributed by atoms with Crippen molar-refractivity contribution in [2.24, 2.45) is 0 Å². The molecule has 4 nitrogen and oxygen atoms in total. The molecule has 0 bridgehead atoms. The van der Waals surface area contributed by atoms with Gasteiger partial charge in [-0.05, 0) is 18.4 Å². The fraction of sp³-hybridized carbons (Fsp3) is 0.333. The summed E-state index contributed by atoms with van der Waals surface area (Å²) in [5.74, 6) is 0.666. The molecule has 1 fully saturated rings. The fourth-order valence-corrected chi connectivity index (χ4v) is 2.85. The van der Waals surface area contributed by atoms with E-state index in [2.05, 4.69) is 10.3 Å². The van der Waals surface area contributed by atoms with Crippen molar-refractivity contribution in [3.63, 3.8) is 0 Å². The monoisotopic (exact) mass is 288 g/mol. The summed E-state index contributed by atoms with van der Waals surface area (Å²) in [6, 6.07) is 9.63. The van der Waals surface area contributed by atoms with E-state index >= 15 is 0 Å². The van der Waals surface area contributed by atoms with E-state index in [0.29, 0.717) is 12.5 Å². The van der Waals surface area contributed by atoms with Crippen molar-refractivity contribution in [3.05, 3.63) is 52.0 Å². The summed E-state index contributed by atoms with van der Waals surface area (Å²) in [4.78, 5) is 16.1. The lowest BCUT2D eigenvalue weighted by Gasteiger charge is -2.05. The van der Waals surface area contributed by atoms with E-state index in [0.717, 1.165) is 11.3 Å². The Morgan fingerprint density at radius 2 is 2.15 bits per heavy atom. The Morgan fingerprint density at radius 3 is 2.90 bits per heavy atom. The SMILES string of the molecule is O=C(NCc1csc(C2CC2)n1)OCc1ccccc1. The van der Waals surface area contributed by atoms with Crippen LogP contribution in [0.2, 0.25) is 0 Å². The molecule has 0 aliphatic heterocycles. The highest BCUT2D eigenvalue weighted by Crippen LogP contribution is 2.41. The second-order valence-electron chi connectivity index (χ2n) is 4.87. The van der Waals surface area contributed by atoms with Gasteiger partial charge in [0.1, 0.15) is 6.61 Å². The van der Waals surface area contributed by atoms with Crippen LogP contribution in [0.5, 0.6) is 0 Å². The molecule has 1 heterocycles. The molecular weight excluding hydrogens is 272 g/mol. The zero-order chi connectivity index (χ0) is 13.8. The van der Waals surface area contributed by atoms with E-state index in [1.54, 1.807) is 11.3 Å². The Balaban J connectivity index is 1.42. The van der Waals surface area contributed by atoms with Gasteiger partial charge >= 0.3 is 6.09 Å². The predicted octanol–water partition coefficient (Wildman–Crippen LogP) is 3.45. The van der Waals surface area contributed by atoms with Crippen LogP contribution >= 0.6 is 11.3 Å². The van der Waals surface area contributed by atoms with Gasteiger partial charge in [-0.15, -0.1) is 11.3 Å². The van der Waals surface area contributed by atoms with Crippen LogP contribution in [-0.2, 0) is 17.9 Å². The number of aromatic nitrogens is 1. The van der Waals surface area contributed by atoms with Crippen LogP contribution in [0.15, 0.2) is 35.7 Å². The van der Waals surface area contributed by atoms with E-state index < -0.39 is 6.09 Å². The minimum absolute atomic E-state index is 0.289. The number of hydrogen-bond donors (Lipinski definition) is 1. The first-order valence-corrected chi connectivity index (χ1v) is 7.58. The van der Waals surface area contributed by atoms with Crippen molar-refractivity contribution in [1.29, 1.82) is 0 Å². The lowest BCUT2D eigenvalue weighted by Crippen LogP contribution is -2.23. The van der Waals surface area contributed by atoms with Crippen molar-refractivity contribution in [1.82, 2.24) is 10.3 Å². The molecule has 1 N–H and O–H groups in total. The minimum atomic E-state index is -0.408. The molecule has 2 aromatic rings. The summed E-state index contributed by atoms with van der Waals surface area (Å²) in [5, 5.41) is 5.92. The van der Waals surface area contributed by atoms with Gasteiger partial charge in [-0.2, -0.15) is 0 Å². The Hall–Kier alpha value is -1.88. The average Bonchev–Trinajstić information content (AvgIpc) is 3.23. The molecular formula is C15H16N2O2S. The maximum atomic E-state index is 11.6. The number of ether oxygens (including phenoxy) is 1. The number of benzene rings is 1. The standard InChI is InChI=1S/C15H16N2O2S/c18-15(19-9-11-4-2-1-3-5-11)16-8-13-10-20-14(17-13)12-6-7-12/h1-5,10,12H,6-9H2,(H,16,18). The van der Waals surface area contributed by atoms with Crippen molar-refractivity contribution >= 4 is 17.4 Å². The zero-order valence-corrected chi connectivity index (χ0v) is 11.9. The molecule has 1 amide bonds. The van der Waals surface area contributed by atoms with Gasteiger partial charge in [0, 0.05) is 11.3 Å². The second-order valence-corrected chi connectivity index (χ2v) is 5.76. The number of amides is 1. The molecule has 1 aromatic heterocycles. The van der Waals surface area contributed by atoms with Crippen LogP contribution in [0.3, 0.4) is 0 Å². The molecule has 1 saturated carbocycles. The molecule has 1 aromatic carbocycles. The molecule has 3 rings (SSSR count). The van der Waals surface area contributed by atoms with Gasteiger partial charge in [-0.25, -0.2) is 9.78 Å². The molecule has 1 aliphatic carbocycles. The van der Waals surface area contributed by atoms with Crippen LogP contribution in [0.25, 0.3) is 0 Å². The Labute approximate surface area is 121 Å². The summed E-state index contributed by atoms with van der Waals surface area (Å²) < 4.78 is 5.14. The number of nitrogens with zero attached hydrogens (tertiary/aromatic N) is 1. The van der Waals surface area contributed by atoms with E-state index in [9.17, 15) is 4.79 Å². The third-order valence-electron chi connectivity index (χ3n) is 3.12. The van der Waals surface area contributed by atoms with Crippen LogP contribution in [0, 0.1) is 0 Å². The second kappa shape index (κ2) is 6.05. The van der Waals surface area contributed by atoms with Crippen LogP contribution in [0.1, 0.15) is 35.0 Å². The maximum Gasteiger partial charge on any atom is 0.407 e. The van der Waals surface area contributed by atoms with Crippen molar-refractivity contribution in [3.8, 4) is 0 Å².